The van der Waals surface area contributed by atoms with Gasteiger partial charge in [-0.05, 0) is 24.3 Å². The van der Waals surface area contributed by atoms with Crippen LogP contribution in [0.4, 0.5) is 0 Å². The third-order valence-electron chi connectivity index (χ3n) is 3.40. The van der Waals surface area contributed by atoms with Crippen LogP contribution in [-0.2, 0) is 0 Å². The van der Waals surface area contributed by atoms with Crippen LogP contribution in [0.15, 0.2) is 42.5 Å². The topological polar surface area (TPSA) is 41.5 Å². The van der Waals surface area contributed by atoms with Gasteiger partial charge in [0.25, 0.3) is 0 Å². The van der Waals surface area contributed by atoms with Crippen LogP contribution in [0.2, 0.25) is 0 Å². The number of rotatable bonds is 6. The zero-order chi connectivity index (χ0) is 13.1. The zero-order valence-electron chi connectivity index (χ0n) is 10.9. The Hall–Kier alpha value is -1.58. The summed E-state index contributed by atoms with van der Waals surface area (Å²) in [6, 6.07) is 14.7. The Kier molecular flexibility index (Phi) is 3.67. The van der Waals surface area contributed by atoms with Gasteiger partial charge in [0.1, 0.15) is 18.5 Å². The van der Waals surface area contributed by atoms with Crippen LogP contribution in [0, 0.1) is 0 Å². The third kappa shape index (κ3) is 3.25. The van der Waals surface area contributed by atoms with Crippen molar-refractivity contribution in [3.63, 3.8) is 0 Å². The second-order valence-electron chi connectivity index (χ2n) is 5.12. The first-order valence-corrected chi connectivity index (χ1v) is 6.85. The number of nitrogens with one attached hydrogen (secondary N) is 1. The molecule has 2 aromatic rings. The normalized spacial score (nSPS) is 16.5. The van der Waals surface area contributed by atoms with Gasteiger partial charge in [0.2, 0.25) is 0 Å². The molecular weight excluding hydrogens is 238 g/mol. The number of aliphatic hydroxyl groups excluding tert-OH is 1. The Morgan fingerprint density at radius 2 is 1.95 bits per heavy atom. The first kappa shape index (κ1) is 12.5. The molecule has 1 aliphatic rings. The molecule has 1 unspecified atom stereocenters. The number of ether oxygens (including phenoxy) is 1. The first-order valence-electron chi connectivity index (χ1n) is 6.85. The van der Waals surface area contributed by atoms with E-state index in [0.29, 0.717) is 19.2 Å². The number of fused-ring (bicyclic) bond motifs is 1. The molecule has 100 valence electrons. The second-order valence-corrected chi connectivity index (χ2v) is 5.12. The van der Waals surface area contributed by atoms with E-state index < -0.39 is 6.10 Å². The highest BCUT2D eigenvalue weighted by atomic mass is 16.5. The van der Waals surface area contributed by atoms with Gasteiger partial charge in [0.15, 0.2) is 0 Å². The predicted octanol–water partition coefficient (Wildman–Crippen LogP) is 2.33. The highest BCUT2D eigenvalue weighted by Crippen LogP contribution is 2.25. The maximum absolute atomic E-state index is 9.87. The van der Waals surface area contributed by atoms with Gasteiger partial charge in [-0.3, -0.25) is 0 Å². The molecule has 3 nitrogen and oxygen atoms in total. The molecular formula is C16H19NO2. The quantitative estimate of drug-likeness (QED) is 0.834. The van der Waals surface area contributed by atoms with Gasteiger partial charge in [-0.2, -0.15) is 0 Å². The molecule has 3 heteroatoms. The van der Waals surface area contributed by atoms with Crippen LogP contribution in [0.25, 0.3) is 10.8 Å². The molecule has 1 fully saturated rings. The molecule has 2 N–H and O–H groups in total. The summed E-state index contributed by atoms with van der Waals surface area (Å²) >= 11 is 0. The molecule has 3 rings (SSSR count). The summed E-state index contributed by atoms with van der Waals surface area (Å²) in [7, 11) is 0. The molecule has 1 aliphatic carbocycles. The molecule has 0 aromatic heterocycles. The van der Waals surface area contributed by atoms with Gasteiger partial charge in [-0.15, -0.1) is 0 Å². The predicted molar refractivity (Wildman–Crippen MR) is 76.5 cm³/mol. The average molecular weight is 257 g/mol. The van der Waals surface area contributed by atoms with Crippen molar-refractivity contribution in [2.45, 2.75) is 25.0 Å². The molecule has 1 atom stereocenters. The minimum Gasteiger partial charge on any atom is -0.490 e. The van der Waals surface area contributed by atoms with Crippen LogP contribution >= 0.6 is 0 Å². The number of hydrogen-bond donors (Lipinski definition) is 2. The summed E-state index contributed by atoms with van der Waals surface area (Å²) in [4.78, 5) is 0. The molecule has 0 amide bonds. The lowest BCUT2D eigenvalue weighted by atomic mass is 10.1. The highest BCUT2D eigenvalue weighted by Gasteiger charge is 2.21. The molecule has 2 aromatic carbocycles. The number of benzene rings is 2. The molecule has 0 radical (unpaired) electrons. The molecule has 0 heterocycles. The van der Waals surface area contributed by atoms with Gasteiger partial charge in [-0.25, -0.2) is 0 Å². The van der Waals surface area contributed by atoms with E-state index in [0.717, 1.165) is 16.5 Å². The SMILES string of the molecule is OC(CNC1CC1)COc1cccc2ccccc12. The summed E-state index contributed by atoms with van der Waals surface area (Å²) in [5.41, 5.74) is 0. The Morgan fingerprint density at radius 3 is 2.79 bits per heavy atom. The summed E-state index contributed by atoms with van der Waals surface area (Å²) in [5, 5.41) is 15.4. The maximum Gasteiger partial charge on any atom is 0.127 e. The van der Waals surface area contributed by atoms with Crippen molar-refractivity contribution in [2.24, 2.45) is 0 Å². The van der Waals surface area contributed by atoms with Crippen LogP contribution in [0.3, 0.4) is 0 Å². The van der Waals surface area contributed by atoms with Gasteiger partial charge in [0, 0.05) is 18.0 Å². The van der Waals surface area contributed by atoms with Crippen molar-refractivity contribution in [1.82, 2.24) is 5.32 Å². The van der Waals surface area contributed by atoms with Gasteiger partial charge >= 0.3 is 0 Å². The van der Waals surface area contributed by atoms with Crippen LogP contribution in [0.1, 0.15) is 12.8 Å². The molecule has 0 aliphatic heterocycles. The van der Waals surface area contributed by atoms with E-state index in [1.54, 1.807) is 0 Å². The Morgan fingerprint density at radius 1 is 1.16 bits per heavy atom. The summed E-state index contributed by atoms with van der Waals surface area (Å²) in [6.07, 6.45) is 2.01. The Labute approximate surface area is 113 Å². The maximum atomic E-state index is 9.87. The Bertz CT molecular complexity index is 546. The van der Waals surface area contributed by atoms with Gasteiger partial charge in [-0.1, -0.05) is 36.4 Å². The lowest BCUT2D eigenvalue weighted by Gasteiger charge is -2.14. The van der Waals surface area contributed by atoms with Gasteiger partial charge in [0.05, 0.1) is 0 Å². The fourth-order valence-electron chi connectivity index (χ4n) is 2.16. The van der Waals surface area contributed by atoms with Crippen molar-refractivity contribution in [3.8, 4) is 5.75 Å². The first-order chi connectivity index (χ1) is 9.33. The van der Waals surface area contributed by atoms with Crippen LogP contribution in [0.5, 0.6) is 5.75 Å². The van der Waals surface area contributed by atoms with E-state index in [4.69, 9.17) is 4.74 Å². The van der Waals surface area contributed by atoms with Gasteiger partial charge < -0.3 is 15.2 Å². The molecule has 0 spiro atoms. The van der Waals surface area contributed by atoms with E-state index in [-0.39, 0.29) is 0 Å². The minimum atomic E-state index is -0.459. The van der Waals surface area contributed by atoms with Crippen molar-refractivity contribution in [1.29, 1.82) is 0 Å². The number of hydrogen-bond acceptors (Lipinski definition) is 3. The highest BCUT2D eigenvalue weighted by molar-refractivity contribution is 5.88. The Balaban J connectivity index is 1.61. The third-order valence-corrected chi connectivity index (χ3v) is 3.40. The van der Waals surface area contributed by atoms with Crippen LogP contribution in [-0.4, -0.2) is 30.4 Å². The fourth-order valence-corrected chi connectivity index (χ4v) is 2.16. The molecule has 0 bridgehead atoms. The molecule has 0 saturated heterocycles. The van der Waals surface area contributed by atoms with E-state index >= 15 is 0 Å². The standard InChI is InChI=1S/C16H19NO2/c18-14(10-17-13-8-9-13)11-19-16-7-3-5-12-4-1-2-6-15(12)16/h1-7,13-14,17-18H,8-11H2. The lowest BCUT2D eigenvalue weighted by Crippen LogP contribution is -2.32. The fraction of sp³-hybridized carbons (Fsp3) is 0.375. The van der Waals surface area contributed by atoms with E-state index in [2.05, 4.69) is 17.4 Å². The summed E-state index contributed by atoms with van der Waals surface area (Å²) < 4.78 is 5.74. The zero-order valence-corrected chi connectivity index (χ0v) is 10.9. The van der Waals surface area contributed by atoms with Crippen molar-refractivity contribution < 1.29 is 9.84 Å². The van der Waals surface area contributed by atoms with Crippen molar-refractivity contribution >= 4 is 10.8 Å². The number of aliphatic hydroxyl groups is 1. The monoisotopic (exact) mass is 257 g/mol. The summed E-state index contributed by atoms with van der Waals surface area (Å²) in [5.74, 6) is 0.837. The van der Waals surface area contributed by atoms with Crippen molar-refractivity contribution in [2.75, 3.05) is 13.2 Å². The van der Waals surface area contributed by atoms with Crippen LogP contribution < -0.4 is 10.1 Å². The van der Waals surface area contributed by atoms with E-state index in [1.165, 1.54) is 12.8 Å². The smallest absolute Gasteiger partial charge is 0.127 e. The van der Waals surface area contributed by atoms with E-state index in [1.807, 2.05) is 30.3 Å². The van der Waals surface area contributed by atoms with Crippen molar-refractivity contribution in [3.05, 3.63) is 42.5 Å². The molecule has 1 saturated carbocycles. The lowest BCUT2D eigenvalue weighted by molar-refractivity contribution is 0.107. The molecule has 19 heavy (non-hydrogen) atoms. The average Bonchev–Trinajstić information content (AvgIpc) is 3.27. The largest absolute Gasteiger partial charge is 0.490 e. The minimum absolute atomic E-state index is 0.327. The van der Waals surface area contributed by atoms with E-state index in [9.17, 15) is 5.11 Å². The second kappa shape index (κ2) is 5.59. The summed E-state index contributed by atoms with van der Waals surface area (Å²) in [6.45, 7) is 0.934.